The molecule has 0 fully saturated rings. The van der Waals surface area contributed by atoms with Crippen molar-refractivity contribution in [2.45, 2.75) is 394 Å². The average molecular weight is 1190 g/mol. The molecule has 8 heteroatoms. The first-order valence-corrected chi connectivity index (χ1v) is 37.4. The average Bonchev–Trinajstić information content (AvgIpc) is 3.50. The number of quaternary nitrogens is 1. The third-order valence-electron chi connectivity index (χ3n) is 19.1. The number of hydrogen-bond donors (Lipinski definition) is 3. The van der Waals surface area contributed by atoms with E-state index < -0.39 is 0 Å². The Morgan fingerprint density at radius 1 is 0.232 bits per heavy atom. The lowest BCUT2D eigenvalue weighted by molar-refractivity contribution is -0.927. The summed E-state index contributed by atoms with van der Waals surface area (Å²) in [4.78, 5) is 0. The van der Waals surface area contributed by atoms with Crippen molar-refractivity contribution in [3.05, 3.63) is 0 Å². The fourth-order valence-electron chi connectivity index (χ4n) is 13.1. The Hall–Kier alpha value is 0.01000. The summed E-state index contributed by atoms with van der Waals surface area (Å²) in [6.07, 6.45) is 61.8. The van der Waals surface area contributed by atoms with Crippen molar-refractivity contribution in [2.24, 2.45) is 17.8 Å². The highest BCUT2D eigenvalue weighted by atomic mass is 35.5. The van der Waals surface area contributed by atoms with Gasteiger partial charge in [-0.25, -0.2) is 0 Å². The summed E-state index contributed by atoms with van der Waals surface area (Å²) < 4.78 is 19.8. The summed E-state index contributed by atoms with van der Waals surface area (Å²) in [7, 11) is 0. The van der Waals surface area contributed by atoms with Gasteiger partial charge in [0.1, 0.15) is 0 Å². The van der Waals surface area contributed by atoms with Crippen molar-refractivity contribution in [1.82, 2.24) is 0 Å². The van der Waals surface area contributed by atoms with E-state index in [4.69, 9.17) is 14.2 Å². The van der Waals surface area contributed by atoms with Crippen molar-refractivity contribution in [3.63, 3.8) is 0 Å². The molecule has 0 bridgehead atoms. The van der Waals surface area contributed by atoms with Crippen LogP contribution < -0.4 is 12.4 Å². The Kier molecular flexibility index (Phi) is 68.6. The third kappa shape index (κ3) is 54.2. The number of aliphatic hydroxyl groups is 3. The molecule has 3 N–H and O–H groups in total. The van der Waals surface area contributed by atoms with Gasteiger partial charge in [0.05, 0.1) is 44.5 Å². The molecule has 6 atom stereocenters. The minimum atomic E-state index is -0.259. The molecule has 0 spiro atoms. The number of rotatable bonds is 70. The van der Waals surface area contributed by atoms with Crippen LogP contribution in [0.2, 0.25) is 0 Å². The maximum atomic E-state index is 11.9. The first kappa shape index (κ1) is 84.1. The van der Waals surface area contributed by atoms with E-state index in [1.54, 1.807) is 0 Å². The zero-order valence-corrected chi connectivity index (χ0v) is 57.7. The molecule has 0 saturated carbocycles. The van der Waals surface area contributed by atoms with E-state index in [-0.39, 0.29) is 48.5 Å². The molecular weight excluding hydrogens is 1030 g/mol. The molecule has 496 valence electrons. The SMILES string of the molecule is CCCCCCCCCCCCC(O)C(CCC[N+](CC)(CCCC(CCOCCCCC)C(O)CCCCCCCCCCCC)CCCC(CCOCCCCC)C(O)CCCCCCCCCCCC)CCOCCCCC.[Cl-]. The smallest absolute Gasteiger partial charge is 0.0786 e. The molecule has 0 heterocycles. The highest BCUT2D eigenvalue weighted by molar-refractivity contribution is 4.74. The van der Waals surface area contributed by atoms with E-state index in [1.807, 2.05) is 0 Å². The van der Waals surface area contributed by atoms with Crippen molar-refractivity contribution in [2.75, 3.05) is 65.8 Å². The predicted molar refractivity (Wildman–Crippen MR) is 356 cm³/mol. The molecule has 0 aliphatic heterocycles. The molecule has 0 radical (unpaired) electrons. The van der Waals surface area contributed by atoms with Crippen LogP contribution in [0.15, 0.2) is 0 Å². The quantitative estimate of drug-likeness (QED) is 0.0415. The van der Waals surface area contributed by atoms with E-state index in [0.29, 0.717) is 0 Å². The van der Waals surface area contributed by atoms with Crippen molar-refractivity contribution >= 4 is 0 Å². The monoisotopic (exact) mass is 1190 g/mol. The standard InChI is InChI=1S/C74H152NO6.ClH/c1-8-15-21-24-27-30-33-36-39-42-54-72(76)69(57-66-79-63-45-18-11-4)51-48-60-75(14-7,61-49-52-70(58-67-80-64-46-19-12-5)73(77)55-43-40-37-34-31-28-25-22-16-9-2)62-50-53-71(59-68-81-65-47-20-13-6)74(78)56-44-41-38-35-32-29-26-23-17-10-3;/h69-74,76-78H,8-68H2,1-7H3;1H/q+1;/p-1. The molecule has 0 aromatic rings. The Bertz CT molecular complexity index is 1050. The minimum Gasteiger partial charge on any atom is -1.00 e. The highest BCUT2D eigenvalue weighted by Crippen LogP contribution is 2.29. The second-order valence-corrected chi connectivity index (χ2v) is 26.5. The van der Waals surface area contributed by atoms with E-state index in [1.165, 1.54) is 212 Å². The molecule has 0 saturated heterocycles. The lowest BCUT2D eigenvalue weighted by Crippen LogP contribution is -3.00. The summed E-state index contributed by atoms with van der Waals surface area (Å²) in [5.74, 6) is 0.830. The first-order valence-electron chi connectivity index (χ1n) is 37.4. The van der Waals surface area contributed by atoms with Crippen LogP contribution in [0.4, 0.5) is 0 Å². The van der Waals surface area contributed by atoms with Crippen LogP contribution in [-0.2, 0) is 14.2 Å². The molecule has 6 unspecified atom stereocenters. The van der Waals surface area contributed by atoms with Crippen LogP contribution in [0.5, 0.6) is 0 Å². The fourth-order valence-corrected chi connectivity index (χ4v) is 13.1. The Balaban J connectivity index is 0. The second kappa shape index (κ2) is 67.0. The van der Waals surface area contributed by atoms with Gasteiger partial charge in [-0.15, -0.1) is 0 Å². The number of ether oxygens (including phenoxy) is 3. The van der Waals surface area contributed by atoms with E-state index >= 15 is 0 Å². The maximum absolute atomic E-state index is 11.9. The Labute approximate surface area is 521 Å². The van der Waals surface area contributed by atoms with Gasteiger partial charge in [0.2, 0.25) is 0 Å². The molecule has 0 rings (SSSR count). The van der Waals surface area contributed by atoms with Crippen molar-refractivity contribution in [1.29, 1.82) is 0 Å². The topological polar surface area (TPSA) is 88.4 Å². The maximum Gasteiger partial charge on any atom is 0.0786 e. The lowest BCUT2D eigenvalue weighted by Gasteiger charge is -2.40. The van der Waals surface area contributed by atoms with Gasteiger partial charge in [0.25, 0.3) is 0 Å². The zero-order valence-electron chi connectivity index (χ0n) is 57.0. The van der Waals surface area contributed by atoms with Gasteiger partial charge in [-0.1, -0.05) is 273 Å². The summed E-state index contributed by atoms with van der Waals surface area (Å²) in [6, 6.07) is 0. The van der Waals surface area contributed by atoms with Gasteiger partial charge in [-0.2, -0.15) is 0 Å². The lowest BCUT2D eigenvalue weighted by atomic mass is 9.88. The van der Waals surface area contributed by atoms with Gasteiger partial charge < -0.3 is 46.4 Å². The van der Waals surface area contributed by atoms with Crippen LogP contribution in [0.3, 0.4) is 0 Å². The summed E-state index contributed by atoms with van der Waals surface area (Å²) in [6.45, 7) is 25.4. The third-order valence-corrected chi connectivity index (χ3v) is 19.1. The van der Waals surface area contributed by atoms with Crippen molar-refractivity contribution in [3.8, 4) is 0 Å². The first-order chi connectivity index (χ1) is 39.8. The van der Waals surface area contributed by atoms with Crippen LogP contribution >= 0.6 is 0 Å². The second-order valence-electron chi connectivity index (χ2n) is 26.5. The molecule has 0 aromatic heterocycles. The van der Waals surface area contributed by atoms with Crippen molar-refractivity contribution < 1.29 is 46.4 Å². The molecular formula is C74H152ClNO6. The normalized spacial score (nSPS) is 14.9. The van der Waals surface area contributed by atoms with E-state index in [9.17, 15) is 15.3 Å². The largest absolute Gasteiger partial charge is 1.00 e. The van der Waals surface area contributed by atoms with E-state index in [2.05, 4.69) is 48.5 Å². The van der Waals surface area contributed by atoms with Gasteiger partial charge in [0.15, 0.2) is 0 Å². The molecule has 0 aliphatic carbocycles. The summed E-state index contributed by atoms with van der Waals surface area (Å²) in [5.41, 5.74) is 0. The van der Waals surface area contributed by atoms with Crippen LogP contribution in [0.1, 0.15) is 376 Å². The number of halogens is 1. The van der Waals surface area contributed by atoms with Gasteiger partial charge in [-0.3, -0.25) is 0 Å². The van der Waals surface area contributed by atoms with Gasteiger partial charge >= 0.3 is 0 Å². The fraction of sp³-hybridized carbons (Fsp3) is 1.00. The van der Waals surface area contributed by atoms with Crippen LogP contribution in [0.25, 0.3) is 0 Å². The summed E-state index contributed by atoms with van der Waals surface area (Å²) in [5, 5.41) is 35.7. The minimum absolute atomic E-state index is 0. The van der Waals surface area contributed by atoms with Crippen LogP contribution in [0, 0.1) is 17.8 Å². The number of unbranched alkanes of at least 4 members (excludes halogenated alkanes) is 33. The zero-order chi connectivity index (χ0) is 59.2. The number of nitrogens with zero attached hydrogens (tertiary/aromatic N) is 1. The highest BCUT2D eigenvalue weighted by Gasteiger charge is 2.30. The predicted octanol–water partition coefficient (Wildman–Crippen LogP) is 18.8. The molecule has 0 aliphatic rings. The molecule has 7 nitrogen and oxygen atoms in total. The Morgan fingerprint density at radius 2 is 0.439 bits per heavy atom. The van der Waals surface area contributed by atoms with E-state index in [0.717, 1.165) is 186 Å². The van der Waals surface area contributed by atoms with Crippen LogP contribution in [-0.4, -0.2) is 104 Å². The molecule has 82 heavy (non-hydrogen) atoms. The summed E-state index contributed by atoms with van der Waals surface area (Å²) >= 11 is 0. The number of aliphatic hydroxyl groups excluding tert-OH is 3. The van der Waals surface area contributed by atoms with Gasteiger partial charge in [-0.05, 0) is 121 Å². The molecule has 0 aromatic carbocycles. The Morgan fingerprint density at radius 3 is 0.659 bits per heavy atom. The van der Waals surface area contributed by atoms with Gasteiger partial charge in [0, 0.05) is 39.6 Å². The number of hydrogen-bond acceptors (Lipinski definition) is 6. The molecule has 0 amide bonds.